The first kappa shape index (κ1) is 130. The van der Waals surface area contributed by atoms with Crippen molar-refractivity contribution >= 4 is 46.5 Å². The van der Waals surface area contributed by atoms with Gasteiger partial charge in [0.1, 0.15) is 134 Å². The maximum atomic E-state index is 14.4. The van der Waals surface area contributed by atoms with Crippen LogP contribution in [0.5, 0.6) is 0 Å². The average molecular weight is 2120 g/mol. The zero-order valence-electron chi connectivity index (χ0n) is 77.1. The molecule has 16 aliphatic heterocycles. The van der Waals surface area contributed by atoms with Crippen molar-refractivity contribution < 1.29 is 144 Å². The number of nitrogens with two attached hydrogens (primary N) is 3. The lowest BCUT2D eigenvalue weighted by atomic mass is 9.74. The lowest BCUT2D eigenvalue weighted by molar-refractivity contribution is -0.385. The minimum atomic E-state index is -1.69. The number of nitrogens with zero attached hydrogens (tertiary/aromatic N) is 7. The van der Waals surface area contributed by atoms with Gasteiger partial charge in [0.05, 0.1) is 182 Å². The number of nitro groups is 1. The molecule has 5 aromatic rings. The van der Waals surface area contributed by atoms with Crippen LogP contribution in [-0.4, -0.2) is 270 Å². The van der Waals surface area contributed by atoms with Crippen LogP contribution < -0.4 is 22.7 Å². The topological polar surface area (TPSA) is 413 Å². The molecule has 21 rings (SSSR count). The molecule has 0 amide bonds. The maximum absolute atomic E-state index is 14.4. The molecule has 0 unspecified atom stereocenters. The molecule has 43 heteroatoms. The molecule has 0 spiro atoms. The van der Waals surface area contributed by atoms with Gasteiger partial charge in [-0.15, -0.1) is 0 Å². The third-order valence-electron chi connectivity index (χ3n) is 27.4. The number of carbonyl (C=O) groups excluding carboxylic acids is 1. The fourth-order valence-corrected chi connectivity index (χ4v) is 19.8. The molecule has 9 saturated heterocycles. The van der Waals surface area contributed by atoms with E-state index in [1.54, 1.807) is 67.6 Å². The van der Waals surface area contributed by atoms with E-state index in [4.69, 9.17) is 98.5 Å². The molecule has 0 aliphatic carbocycles. The average Bonchev–Trinajstić information content (AvgIpc) is 0.995. The lowest BCUT2D eigenvalue weighted by Gasteiger charge is -2.45. The number of benzene rings is 5. The van der Waals surface area contributed by atoms with Gasteiger partial charge in [-0.3, -0.25) is 19.7 Å². The molecule has 834 valence electrons. The van der Waals surface area contributed by atoms with Gasteiger partial charge in [0, 0.05) is 117 Å². The number of aliphatic imine (C=N–C) groups is 3. The van der Waals surface area contributed by atoms with Gasteiger partial charge in [-0.2, -0.15) is 5.48 Å². The van der Waals surface area contributed by atoms with Gasteiger partial charge in [0.2, 0.25) is 0 Å². The van der Waals surface area contributed by atoms with Gasteiger partial charge in [0.15, 0.2) is 11.7 Å². The number of ether oxygens (including phenoxy) is 12. The van der Waals surface area contributed by atoms with Crippen LogP contribution in [0.2, 0.25) is 0 Å². The van der Waals surface area contributed by atoms with Crippen LogP contribution in [0.4, 0.5) is 54.0 Å². The molecule has 16 heterocycles. The van der Waals surface area contributed by atoms with Crippen LogP contribution in [0.3, 0.4) is 0 Å². The smallest absolute Gasteiger partial charge is 0.283 e. The number of halogens is 11. The number of aliphatic hydroxyl groups is 2. The molecule has 0 bridgehead atoms. The van der Waals surface area contributed by atoms with E-state index in [1.807, 2.05) is 6.08 Å². The fraction of sp³-hybridized carbons (Fsp3) is 0.629. The number of aliphatic hydroxyl groups excluding tert-OH is 2. The summed E-state index contributed by atoms with van der Waals surface area (Å²) in [5.41, 5.74) is 15.2. The molecule has 16 aliphatic rings. The first-order valence-electron chi connectivity index (χ1n) is 46.4. The number of oxime groups is 3. The summed E-state index contributed by atoms with van der Waals surface area (Å²) in [6, 6.07) is 27.0. The second-order valence-electron chi connectivity index (χ2n) is 35.6. The highest BCUT2D eigenvalue weighted by atomic mass is 19.2. The van der Waals surface area contributed by atoms with Crippen LogP contribution in [-0.2, 0) is 109 Å². The Morgan fingerprint density at radius 1 is 0.459 bits per heavy atom. The number of ketones is 1. The Balaban J connectivity index is 0.000000349. The van der Waals surface area contributed by atoms with Crippen LogP contribution in [0.15, 0.2) is 158 Å². The number of rotatable bonds is 15. The number of fused-ring (bicyclic) bond motifs is 7. The minimum absolute atomic E-state index is 0. The van der Waals surface area contributed by atoms with Crippen LogP contribution >= 0.6 is 0 Å². The normalized spacial score (nSPS) is 30.2. The number of Topliss-reactive ketones (excluding diaryl/α,β-unsaturated/α-hetero) is 1. The van der Waals surface area contributed by atoms with Gasteiger partial charge in [0.25, 0.3) is 17.7 Å². The van der Waals surface area contributed by atoms with Crippen LogP contribution in [0.25, 0.3) is 0 Å². The van der Waals surface area contributed by atoms with Crippen molar-refractivity contribution in [2.24, 2.45) is 95.0 Å². The number of non-ortho nitro benzene ring substituents is 1. The molecule has 9 N–H and O–H groups in total. The third-order valence-corrected chi connectivity index (χ3v) is 27.4. The molecule has 9 fully saturated rings. The van der Waals surface area contributed by atoms with Gasteiger partial charge >= 0.3 is 0 Å². The monoisotopic (exact) mass is 2120 g/mol. The van der Waals surface area contributed by atoms with Crippen molar-refractivity contribution in [1.29, 1.82) is 0 Å². The fourth-order valence-electron chi connectivity index (χ4n) is 19.8. The quantitative estimate of drug-likeness (QED) is 0.0245. The SMILES string of the molecule is C.C.C.C.C.C.C.C.C.C1=CCOCC1.CC(=O)C1=NO[C@@H]2CCOC[C@H]12.CC1=N[C@](CF)(c2ccccc2F)[C@H]2COCC[C@H]2O1.FCC1=NO[C@@H]2CCOC[C@H]12.FC[C@]1(c2ccccc2F)NO[C@@H]2CCOC[C@@H]21.NC1=N[C@](CF)(c2cc([N+](=O)[O-])ccc2F)[C@H]2COCC[C@H]2O1.NC1=N[C@](CF)(c2ccccc2F)[C@H]2COCC[C@H]2O1.N[C@](CF)(c1ccccc1F)[C@H]1COCC[C@H]1O.OCC1=NO[C@@H]2CCOC[C@H]12. The summed E-state index contributed by atoms with van der Waals surface area (Å²) in [6.07, 6.45) is 9.14. The second-order valence-corrected chi connectivity index (χ2v) is 35.6. The summed E-state index contributed by atoms with van der Waals surface area (Å²) < 4.78 is 216. The Morgan fingerprint density at radius 2 is 0.865 bits per heavy atom. The predicted octanol–water partition coefficient (Wildman–Crippen LogP) is 17.1. The molecular weight excluding hydrogens is 1960 g/mol. The van der Waals surface area contributed by atoms with Gasteiger partial charge < -0.3 is 98.8 Å². The number of hydrogen-bond donors (Lipinski definition) is 6. The van der Waals surface area contributed by atoms with E-state index in [9.17, 15) is 68.3 Å². The number of alkyl halides is 6. The zero-order chi connectivity index (χ0) is 98.9. The maximum Gasteiger partial charge on any atom is 0.283 e. The molecule has 0 saturated carbocycles. The Labute approximate surface area is 862 Å². The first-order chi connectivity index (χ1) is 67.3. The Morgan fingerprint density at radius 3 is 1.30 bits per heavy atom. The van der Waals surface area contributed by atoms with Gasteiger partial charge in [-0.25, -0.2) is 63.3 Å². The molecule has 0 aromatic heterocycles. The molecule has 5 aromatic carbocycles. The Bertz CT molecular complexity index is 4970. The van der Waals surface area contributed by atoms with E-state index in [0.717, 1.165) is 69.4 Å². The number of nitro benzene ring substituents is 1. The molecule has 0 radical (unpaired) electrons. The first-order valence-corrected chi connectivity index (χ1v) is 46.4. The minimum Gasteiger partial charge on any atom is -0.477 e. The van der Waals surface area contributed by atoms with E-state index >= 15 is 0 Å². The van der Waals surface area contributed by atoms with Gasteiger partial charge in [-0.05, 0) is 49.6 Å². The summed E-state index contributed by atoms with van der Waals surface area (Å²) in [5, 5.41) is 41.0. The number of carbonyl (C=O) groups is 1. The van der Waals surface area contributed by atoms with Crippen molar-refractivity contribution in [3.8, 4) is 0 Å². The summed E-state index contributed by atoms with van der Waals surface area (Å²) in [7, 11) is 0. The van der Waals surface area contributed by atoms with Gasteiger partial charge in [-0.1, -0.05) is 167 Å². The summed E-state index contributed by atoms with van der Waals surface area (Å²) in [5.74, 6) is -4.08. The molecule has 148 heavy (non-hydrogen) atoms. The van der Waals surface area contributed by atoms with Crippen LogP contribution in [0.1, 0.15) is 166 Å². The van der Waals surface area contributed by atoms with E-state index in [0.29, 0.717) is 134 Å². The van der Waals surface area contributed by atoms with Crippen molar-refractivity contribution in [2.45, 2.75) is 215 Å². The summed E-state index contributed by atoms with van der Waals surface area (Å²) in [4.78, 5) is 54.5. The number of hydrogen-bond acceptors (Lipinski definition) is 31. The van der Waals surface area contributed by atoms with Crippen molar-refractivity contribution in [3.63, 3.8) is 0 Å². The standard InChI is InChI=1S/C15H17F2NO2.C14H15F2N3O4.C14H16F2N2O2.C13H15F2NO2.C13H17F2NO2.C8H11NO3.C7H10FNO2.C7H11NO3.C5H8O.9CH4/c1-10-18-15(9-16,11-4-2-3-5-13(11)17)12-8-19-7-6-14(12)20-10;15-7-14(9-5-8(19(20)21)1-2-11(9)16)10-6-22-4-3-12(10)23-13(17)18-14;15-8-14(9-3-1-2-4-11(9)16)10-7-19-6-5-12(10)20-13(17)18-14;14-8-13(9-3-1-2-4-11(9)15)10-7-17-6-5-12(10)18-16-13;14-8-13(16,9-3-1-2-4-11(9)15)10-7-18-6-5-12(10)17;1-5(10)8-6-4-11-3-2-7(6)12-9-8;8-3-6-5-4-10-2-1-7(5)11-9-6;9-3-6-5-4-10-2-1-7(5)11-8-6;1-2-4-6-5-3-1;;;;;;;;;/h2-5,12,14H,6-9H2,1H3;1-2,5,10,12H,3-4,6-7H2,(H2,17,18);1-4,10,12H,5-8H2,(H2,17,18);1-4,10,12,16H,5-8H2;1-4,10,12,17H,5-8,16H2;6-7H,2-4H2,1H3;5,7H,1-4H2;5,7,9H,1-4H2;1-2H,3-5H2;9*1H4/t12-,14+,15+;2*10-,12+,14+;2*10-,12+,13+;6-,7+;2*5-,7-;;;;;;;;;;/m00000011........../s1. The molecule has 21 atom stereocenters. The van der Waals surface area contributed by atoms with Crippen molar-refractivity contribution in [3.05, 3.63) is 194 Å². The predicted molar refractivity (Wildman–Crippen MR) is 543 cm³/mol. The Kier molecular flexibility index (Phi) is 54.1. The zero-order valence-corrected chi connectivity index (χ0v) is 77.1. The second kappa shape index (κ2) is 61.5. The number of hydroxylamine groups is 1. The number of amidine groups is 2. The summed E-state index contributed by atoms with van der Waals surface area (Å²) in [6.45, 7) is 7.77. The number of nitrogens with one attached hydrogen (secondary N) is 1. The van der Waals surface area contributed by atoms with Crippen LogP contribution in [0, 0.1) is 86.5 Å². The van der Waals surface area contributed by atoms with E-state index in [-0.39, 0.29) is 211 Å². The highest BCUT2D eigenvalue weighted by molar-refractivity contribution is 6.40. The highest BCUT2D eigenvalue weighted by Crippen LogP contribution is 2.50. The van der Waals surface area contributed by atoms with E-state index in [2.05, 4.69) is 42.0 Å². The van der Waals surface area contributed by atoms with E-state index in [1.165, 1.54) is 43.3 Å². The Hall–Kier alpha value is -10.0. The lowest BCUT2D eigenvalue weighted by Crippen LogP contribution is -2.55. The third kappa shape index (κ3) is 29.9. The largest absolute Gasteiger partial charge is 0.477 e. The van der Waals surface area contributed by atoms with Crippen molar-refractivity contribution in [2.75, 3.05) is 166 Å². The van der Waals surface area contributed by atoms with E-state index < -0.39 is 126 Å². The van der Waals surface area contributed by atoms with Crippen molar-refractivity contribution in [1.82, 2.24) is 5.48 Å². The molecule has 32 nitrogen and oxygen atoms in total. The highest BCUT2D eigenvalue weighted by Gasteiger charge is 2.58. The molecular formula is C105H156F11N11O21. The summed E-state index contributed by atoms with van der Waals surface area (Å²) >= 11 is 0.